The number of para-hydroxylation sites is 1. The van der Waals surface area contributed by atoms with E-state index in [1.54, 1.807) is 43.9 Å². The normalized spacial score (nSPS) is 11.1. The lowest BCUT2D eigenvalue weighted by molar-refractivity contribution is 0.131. The van der Waals surface area contributed by atoms with E-state index < -0.39 is 5.82 Å². The number of hydrogen-bond acceptors (Lipinski definition) is 5. The van der Waals surface area contributed by atoms with Gasteiger partial charge in [0.1, 0.15) is 12.5 Å². The van der Waals surface area contributed by atoms with Crippen LogP contribution in [0.3, 0.4) is 0 Å². The number of nitrogens with zero attached hydrogens (tertiary/aromatic N) is 3. The summed E-state index contributed by atoms with van der Waals surface area (Å²) in [5.74, 6) is 0.361. The van der Waals surface area contributed by atoms with E-state index in [4.69, 9.17) is 9.47 Å². The molecule has 0 bridgehead atoms. The minimum Gasteiger partial charge on any atom is -0.453 e. The molecule has 25 heavy (non-hydrogen) atoms. The second-order valence-corrected chi connectivity index (χ2v) is 6.41. The summed E-state index contributed by atoms with van der Waals surface area (Å²) in [5, 5.41) is 0. The van der Waals surface area contributed by atoms with Crippen molar-refractivity contribution in [3.63, 3.8) is 0 Å². The minimum atomic E-state index is -0.400. The molecule has 0 aliphatic heterocycles. The van der Waals surface area contributed by atoms with Crippen LogP contribution in [-0.4, -0.2) is 21.6 Å². The van der Waals surface area contributed by atoms with Crippen molar-refractivity contribution in [1.82, 2.24) is 14.5 Å². The maximum absolute atomic E-state index is 13.9. The highest BCUT2D eigenvalue weighted by molar-refractivity contribution is 7.22. The molecule has 5 nitrogen and oxygen atoms in total. The molecule has 1 aromatic carbocycles. The van der Waals surface area contributed by atoms with Gasteiger partial charge < -0.3 is 14.0 Å². The molecule has 0 fully saturated rings. The molecule has 0 saturated carbocycles. The van der Waals surface area contributed by atoms with E-state index in [0.29, 0.717) is 12.5 Å². The highest BCUT2D eigenvalue weighted by Gasteiger charge is 2.13. The fraction of sp³-hybridized carbons (Fsp3) is 0.111. The summed E-state index contributed by atoms with van der Waals surface area (Å²) in [7, 11) is 1.63. The highest BCUT2D eigenvalue weighted by Crippen LogP contribution is 2.38. The number of fused-ring (bicyclic) bond motifs is 1. The second-order valence-electron chi connectivity index (χ2n) is 5.36. The van der Waals surface area contributed by atoms with E-state index in [0.717, 1.165) is 20.8 Å². The van der Waals surface area contributed by atoms with Crippen molar-refractivity contribution in [1.29, 1.82) is 0 Å². The summed E-state index contributed by atoms with van der Waals surface area (Å²) in [5.41, 5.74) is 1.62. The molecular formula is C18H14FN3O2S. The van der Waals surface area contributed by atoms with Crippen LogP contribution in [0.4, 0.5) is 4.39 Å². The van der Waals surface area contributed by atoms with Crippen molar-refractivity contribution >= 4 is 21.6 Å². The summed E-state index contributed by atoms with van der Waals surface area (Å²) in [6.45, 7) is 0.442. The molecule has 4 rings (SSSR count). The lowest BCUT2D eigenvalue weighted by Gasteiger charge is -2.06. The predicted octanol–water partition coefficient (Wildman–Crippen LogP) is 4.70. The van der Waals surface area contributed by atoms with Crippen molar-refractivity contribution in [2.24, 2.45) is 0 Å². The summed E-state index contributed by atoms with van der Waals surface area (Å²) < 4.78 is 27.4. The van der Waals surface area contributed by atoms with Gasteiger partial charge in [-0.25, -0.2) is 9.37 Å². The van der Waals surface area contributed by atoms with Gasteiger partial charge in [-0.15, -0.1) is 11.3 Å². The first-order chi connectivity index (χ1) is 12.2. The van der Waals surface area contributed by atoms with Gasteiger partial charge in [0.2, 0.25) is 0 Å². The molecule has 0 aliphatic carbocycles. The largest absolute Gasteiger partial charge is 0.453 e. The minimum absolute atomic E-state index is 0.189. The Balaban J connectivity index is 1.72. The van der Waals surface area contributed by atoms with E-state index in [9.17, 15) is 4.39 Å². The predicted molar refractivity (Wildman–Crippen MR) is 94.3 cm³/mol. The first-order valence-electron chi connectivity index (χ1n) is 7.56. The SMILES string of the molecule is COCn1cnc(-c2cc3nccc(Oc4ccccc4F)c3s2)c1. The molecule has 3 heterocycles. The third-order valence-corrected chi connectivity index (χ3v) is 4.76. The van der Waals surface area contributed by atoms with Gasteiger partial charge >= 0.3 is 0 Å². The average Bonchev–Trinajstić information content (AvgIpc) is 3.24. The van der Waals surface area contributed by atoms with Crippen molar-refractivity contribution < 1.29 is 13.9 Å². The van der Waals surface area contributed by atoms with E-state index in [1.807, 2.05) is 16.8 Å². The van der Waals surface area contributed by atoms with Crippen LogP contribution in [0.1, 0.15) is 0 Å². The topological polar surface area (TPSA) is 49.2 Å². The second kappa shape index (κ2) is 6.62. The van der Waals surface area contributed by atoms with E-state index in [-0.39, 0.29) is 5.75 Å². The van der Waals surface area contributed by atoms with Gasteiger partial charge in [0.05, 0.1) is 27.1 Å². The number of hydrogen-bond donors (Lipinski definition) is 0. The smallest absolute Gasteiger partial charge is 0.165 e. The number of methoxy groups -OCH3 is 1. The van der Waals surface area contributed by atoms with Crippen molar-refractivity contribution in [3.05, 3.63) is 60.9 Å². The molecular weight excluding hydrogens is 341 g/mol. The Labute approximate surface area is 147 Å². The maximum Gasteiger partial charge on any atom is 0.165 e. The van der Waals surface area contributed by atoms with Gasteiger partial charge in [-0.05, 0) is 18.2 Å². The number of halogens is 1. The van der Waals surface area contributed by atoms with Crippen LogP contribution < -0.4 is 4.74 Å². The van der Waals surface area contributed by atoms with E-state index in [1.165, 1.54) is 17.4 Å². The number of thiophene rings is 1. The lowest BCUT2D eigenvalue weighted by atomic mass is 10.3. The molecule has 7 heteroatoms. The highest BCUT2D eigenvalue weighted by atomic mass is 32.1. The Morgan fingerprint density at radius 1 is 1.16 bits per heavy atom. The molecule has 0 aliphatic rings. The average molecular weight is 355 g/mol. The zero-order valence-corrected chi connectivity index (χ0v) is 14.2. The number of aromatic nitrogens is 3. The molecule has 4 aromatic rings. The standard InChI is InChI=1S/C18H14FN3O2S/c1-23-11-22-9-14(21-10-22)17-8-13-18(25-17)16(6-7-20-13)24-15-5-3-2-4-12(15)19/h2-10H,11H2,1H3. The molecule has 0 atom stereocenters. The Morgan fingerprint density at radius 3 is 2.88 bits per heavy atom. The van der Waals surface area contributed by atoms with Crippen LogP contribution in [0.5, 0.6) is 11.5 Å². The van der Waals surface area contributed by atoms with Gasteiger partial charge in [0, 0.05) is 25.6 Å². The van der Waals surface area contributed by atoms with Crippen molar-refractivity contribution in [2.45, 2.75) is 6.73 Å². The van der Waals surface area contributed by atoms with Crippen LogP contribution >= 0.6 is 11.3 Å². The van der Waals surface area contributed by atoms with Crippen LogP contribution in [0.25, 0.3) is 20.8 Å². The number of imidazole rings is 1. The van der Waals surface area contributed by atoms with Gasteiger partial charge in [0.15, 0.2) is 11.6 Å². The molecule has 0 N–H and O–H groups in total. The fourth-order valence-corrected chi connectivity index (χ4v) is 3.50. The van der Waals surface area contributed by atoms with Gasteiger partial charge in [-0.3, -0.25) is 4.98 Å². The summed E-state index contributed by atoms with van der Waals surface area (Å²) in [4.78, 5) is 9.73. The zero-order valence-electron chi connectivity index (χ0n) is 13.3. The molecule has 0 amide bonds. The lowest BCUT2D eigenvalue weighted by Crippen LogP contribution is -1.94. The van der Waals surface area contributed by atoms with Crippen LogP contribution in [0.2, 0.25) is 0 Å². The Bertz CT molecular complexity index is 1030. The van der Waals surface area contributed by atoms with Crippen molar-refractivity contribution in [2.75, 3.05) is 7.11 Å². The van der Waals surface area contributed by atoms with Crippen LogP contribution in [0.15, 0.2) is 55.1 Å². The third kappa shape index (κ3) is 3.11. The maximum atomic E-state index is 13.9. The van der Waals surface area contributed by atoms with Gasteiger partial charge in [0.25, 0.3) is 0 Å². The monoisotopic (exact) mass is 355 g/mol. The summed E-state index contributed by atoms with van der Waals surface area (Å²) in [6, 6.07) is 10.0. The molecule has 0 unspecified atom stereocenters. The Hall–Kier alpha value is -2.77. The molecule has 3 aromatic heterocycles. The fourth-order valence-electron chi connectivity index (χ4n) is 2.47. The third-order valence-electron chi connectivity index (χ3n) is 3.60. The van der Waals surface area contributed by atoms with E-state index in [2.05, 4.69) is 9.97 Å². The van der Waals surface area contributed by atoms with Crippen molar-refractivity contribution in [3.8, 4) is 22.1 Å². The molecule has 126 valence electrons. The Morgan fingerprint density at radius 2 is 2.04 bits per heavy atom. The van der Waals surface area contributed by atoms with Gasteiger partial charge in [-0.2, -0.15) is 0 Å². The molecule has 0 spiro atoms. The zero-order chi connectivity index (χ0) is 17.2. The number of benzene rings is 1. The first-order valence-corrected chi connectivity index (χ1v) is 8.38. The van der Waals surface area contributed by atoms with Gasteiger partial charge in [-0.1, -0.05) is 12.1 Å². The number of rotatable bonds is 5. The molecule has 0 radical (unpaired) electrons. The van der Waals surface area contributed by atoms with Crippen LogP contribution in [0, 0.1) is 5.82 Å². The Kier molecular flexibility index (Phi) is 4.17. The number of pyridine rings is 1. The number of ether oxygens (including phenoxy) is 2. The quantitative estimate of drug-likeness (QED) is 0.521. The van der Waals surface area contributed by atoms with Crippen LogP contribution in [-0.2, 0) is 11.5 Å². The first kappa shape index (κ1) is 15.7. The summed E-state index contributed by atoms with van der Waals surface area (Å²) in [6.07, 6.45) is 5.28. The summed E-state index contributed by atoms with van der Waals surface area (Å²) >= 11 is 1.51. The van der Waals surface area contributed by atoms with E-state index >= 15 is 0 Å². The molecule has 0 saturated heterocycles.